The molecule has 1 saturated heterocycles. The molecule has 3 aliphatic heterocycles. The molecule has 0 radical (unpaired) electrons. The summed E-state index contributed by atoms with van der Waals surface area (Å²) in [6.07, 6.45) is 4.82. The molecule has 7 rings (SSSR count). The summed E-state index contributed by atoms with van der Waals surface area (Å²) >= 11 is 7.73. The summed E-state index contributed by atoms with van der Waals surface area (Å²) in [6, 6.07) is 22.9. The Labute approximate surface area is 253 Å². The number of nitrogens with zero attached hydrogens (tertiary/aromatic N) is 1. The summed E-state index contributed by atoms with van der Waals surface area (Å²) in [7, 11) is 0. The van der Waals surface area contributed by atoms with E-state index in [0.717, 1.165) is 28.8 Å². The number of fused-ring (bicyclic) bond motifs is 6. The maximum absolute atomic E-state index is 14.9. The average Bonchev–Trinajstić information content (AvgIpc) is 3.69. The van der Waals surface area contributed by atoms with Crippen LogP contribution in [0, 0.1) is 11.8 Å². The number of thiophene rings is 1. The van der Waals surface area contributed by atoms with Gasteiger partial charge in [-0.05, 0) is 64.7 Å². The van der Waals surface area contributed by atoms with Gasteiger partial charge >= 0.3 is 0 Å². The molecule has 0 bridgehead atoms. The highest BCUT2D eigenvalue weighted by molar-refractivity contribution is 7.12. The van der Waals surface area contributed by atoms with E-state index in [0.29, 0.717) is 27.1 Å². The highest BCUT2D eigenvalue weighted by Crippen LogP contribution is 2.58. The van der Waals surface area contributed by atoms with E-state index in [9.17, 15) is 14.4 Å². The van der Waals surface area contributed by atoms with Gasteiger partial charge in [0, 0.05) is 22.0 Å². The van der Waals surface area contributed by atoms with Crippen LogP contribution in [0.1, 0.15) is 50.6 Å². The van der Waals surface area contributed by atoms with Crippen LogP contribution in [0.5, 0.6) is 0 Å². The van der Waals surface area contributed by atoms with Crippen LogP contribution in [0.15, 0.2) is 90.3 Å². The number of halogens is 1. The highest BCUT2D eigenvalue weighted by Gasteiger charge is 2.70. The highest BCUT2D eigenvalue weighted by atomic mass is 35.5. The monoisotopic (exact) mass is 592 g/mol. The summed E-state index contributed by atoms with van der Waals surface area (Å²) in [4.78, 5) is 46.4. The lowest BCUT2D eigenvalue weighted by atomic mass is 9.64. The maximum Gasteiger partial charge on any atom is 0.238 e. The first kappa shape index (κ1) is 26.9. The van der Waals surface area contributed by atoms with Crippen molar-refractivity contribution < 1.29 is 14.4 Å². The minimum absolute atomic E-state index is 0.171. The minimum Gasteiger partial charge on any atom is -0.352 e. The Morgan fingerprint density at radius 1 is 1.00 bits per heavy atom. The van der Waals surface area contributed by atoms with E-state index in [2.05, 4.69) is 19.2 Å². The molecular formula is C35H29ClN2O3S. The summed E-state index contributed by atoms with van der Waals surface area (Å²) in [6.45, 7) is 4.32. The van der Waals surface area contributed by atoms with Crippen LogP contribution in [0.2, 0.25) is 5.02 Å². The van der Waals surface area contributed by atoms with Gasteiger partial charge in [-0.1, -0.05) is 86.1 Å². The second-order valence-corrected chi connectivity index (χ2v) is 13.1. The van der Waals surface area contributed by atoms with Gasteiger partial charge in [-0.25, -0.2) is 0 Å². The fourth-order valence-electron chi connectivity index (χ4n) is 7.17. The van der Waals surface area contributed by atoms with Crippen LogP contribution in [0.3, 0.4) is 0 Å². The molecule has 3 aliphatic rings. The fraction of sp³-hybridized carbons (Fsp3) is 0.229. The van der Waals surface area contributed by atoms with Crippen molar-refractivity contribution in [2.24, 2.45) is 11.8 Å². The van der Waals surface area contributed by atoms with Gasteiger partial charge < -0.3 is 10.2 Å². The lowest BCUT2D eigenvalue weighted by molar-refractivity contribution is -0.121. The van der Waals surface area contributed by atoms with Crippen molar-refractivity contribution in [3.05, 3.63) is 122 Å². The van der Waals surface area contributed by atoms with Gasteiger partial charge in [-0.15, -0.1) is 11.3 Å². The topological polar surface area (TPSA) is 66.5 Å². The molecule has 4 aromatic rings. The summed E-state index contributed by atoms with van der Waals surface area (Å²) in [5, 5.41) is 5.51. The zero-order valence-electron chi connectivity index (χ0n) is 23.2. The number of amides is 1. The molecule has 1 spiro atoms. The summed E-state index contributed by atoms with van der Waals surface area (Å²) in [5.74, 6) is -1.16. The first-order valence-electron chi connectivity index (χ1n) is 14.2. The molecule has 4 atom stereocenters. The van der Waals surface area contributed by atoms with Crippen LogP contribution >= 0.6 is 22.9 Å². The smallest absolute Gasteiger partial charge is 0.238 e. The van der Waals surface area contributed by atoms with Gasteiger partial charge in [0.1, 0.15) is 11.5 Å². The van der Waals surface area contributed by atoms with Gasteiger partial charge in [-0.3, -0.25) is 14.4 Å². The molecule has 1 amide bonds. The van der Waals surface area contributed by atoms with Crippen molar-refractivity contribution >= 4 is 57.9 Å². The summed E-state index contributed by atoms with van der Waals surface area (Å²) in [5.41, 5.74) is 3.35. The van der Waals surface area contributed by atoms with E-state index in [1.165, 1.54) is 11.3 Å². The largest absolute Gasteiger partial charge is 0.352 e. The first-order chi connectivity index (χ1) is 20.3. The molecule has 1 N–H and O–H groups in total. The summed E-state index contributed by atoms with van der Waals surface area (Å²) < 4.78 is 0. The Morgan fingerprint density at radius 3 is 2.52 bits per heavy atom. The molecule has 42 heavy (non-hydrogen) atoms. The number of para-hydroxylation sites is 1. The van der Waals surface area contributed by atoms with Crippen LogP contribution in [-0.4, -0.2) is 29.6 Å². The van der Waals surface area contributed by atoms with E-state index in [4.69, 9.17) is 11.6 Å². The molecule has 210 valence electrons. The van der Waals surface area contributed by atoms with E-state index in [-0.39, 0.29) is 17.5 Å². The number of anilines is 2. The fourth-order valence-corrected chi connectivity index (χ4v) is 8.05. The molecule has 0 saturated carbocycles. The Morgan fingerprint density at radius 2 is 1.79 bits per heavy atom. The average molecular weight is 593 g/mol. The van der Waals surface area contributed by atoms with Gasteiger partial charge in [0.05, 0.1) is 16.8 Å². The number of benzene rings is 3. The third kappa shape index (κ3) is 3.92. The SMILES string of the molecule is CC(C)Cc1ccc(C(=O)[C@@H]2[C@H](C(=O)c3cccs3)N3c4ccc(Cl)cc4C=C[C@H]3[C@]23C(=O)Nc2ccccc23)cc1. The Hall–Kier alpha value is -4.00. The van der Waals surface area contributed by atoms with Gasteiger partial charge in [-0.2, -0.15) is 0 Å². The zero-order chi connectivity index (χ0) is 29.2. The number of hydrogen-bond donors (Lipinski definition) is 1. The van der Waals surface area contributed by atoms with Crippen LogP contribution in [0.4, 0.5) is 11.4 Å². The number of carbonyl (C=O) groups excluding carboxylic acids is 3. The third-order valence-corrected chi connectivity index (χ3v) is 9.91. The van der Waals surface area contributed by atoms with Crippen molar-refractivity contribution in [1.82, 2.24) is 0 Å². The molecule has 4 heterocycles. The Bertz CT molecular complexity index is 1760. The van der Waals surface area contributed by atoms with Gasteiger partial charge in [0.25, 0.3) is 0 Å². The Balaban J connectivity index is 1.48. The van der Waals surface area contributed by atoms with Crippen molar-refractivity contribution in [1.29, 1.82) is 0 Å². The van der Waals surface area contributed by atoms with Gasteiger partial charge in [0.15, 0.2) is 11.6 Å². The second kappa shape index (κ2) is 10.1. The van der Waals surface area contributed by atoms with Crippen molar-refractivity contribution in [3.63, 3.8) is 0 Å². The quantitative estimate of drug-likeness (QED) is 0.236. The molecule has 0 aliphatic carbocycles. The molecule has 7 heteroatoms. The number of carbonyl (C=O) groups is 3. The van der Waals surface area contributed by atoms with Gasteiger partial charge in [0.2, 0.25) is 5.91 Å². The molecule has 0 unspecified atom stereocenters. The molecule has 1 fully saturated rings. The number of ketones is 2. The second-order valence-electron chi connectivity index (χ2n) is 11.7. The van der Waals surface area contributed by atoms with E-state index < -0.39 is 23.4 Å². The molecule has 1 aromatic heterocycles. The molecule has 3 aromatic carbocycles. The lowest BCUT2D eigenvalue weighted by Crippen LogP contribution is -2.51. The van der Waals surface area contributed by atoms with Crippen molar-refractivity contribution in [2.45, 2.75) is 37.8 Å². The zero-order valence-corrected chi connectivity index (χ0v) is 24.8. The normalized spacial score (nSPS) is 23.6. The van der Waals surface area contributed by atoms with Crippen LogP contribution in [-0.2, 0) is 16.6 Å². The van der Waals surface area contributed by atoms with Crippen molar-refractivity contribution in [3.8, 4) is 0 Å². The standard InChI is InChI=1S/C35H29ClN2O3S/c1-20(2)18-21-9-11-22(12-10-21)32(39)30-31(33(40)28-8-5-17-42-28)38-27-15-14-24(36)19-23(27)13-16-29(38)35(30)25-6-3-4-7-26(25)37-34(35)41/h3-17,19-20,29-31H,18H2,1-2H3,(H,37,41)/t29-,30-,31+,35-/m0/s1. The van der Waals surface area contributed by atoms with E-state index >= 15 is 0 Å². The minimum atomic E-state index is -1.32. The van der Waals surface area contributed by atoms with Crippen LogP contribution < -0.4 is 10.2 Å². The van der Waals surface area contributed by atoms with E-state index in [1.54, 1.807) is 12.1 Å². The number of rotatable bonds is 6. The van der Waals surface area contributed by atoms with E-state index in [1.807, 2.05) is 89.2 Å². The first-order valence-corrected chi connectivity index (χ1v) is 15.4. The molecular weight excluding hydrogens is 564 g/mol. The van der Waals surface area contributed by atoms with Crippen LogP contribution in [0.25, 0.3) is 6.08 Å². The maximum atomic E-state index is 14.9. The number of Topliss-reactive ketones (excluding diaryl/α,β-unsaturated/α-hetero) is 2. The Kier molecular flexibility index (Phi) is 6.44. The lowest BCUT2D eigenvalue weighted by Gasteiger charge is -2.37. The number of hydrogen-bond acceptors (Lipinski definition) is 5. The third-order valence-electron chi connectivity index (χ3n) is 8.79. The molecule has 5 nitrogen and oxygen atoms in total. The number of nitrogens with one attached hydrogen (secondary N) is 1. The predicted octanol–water partition coefficient (Wildman–Crippen LogP) is 7.46. The van der Waals surface area contributed by atoms with Crippen molar-refractivity contribution in [2.75, 3.05) is 10.2 Å². The predicted molar refractivity (Wildman–Crippen MR) is 169 cm³/mol.